The zero-order valence-electron chi connectivity index (χ0n) is 19.8. The number of aryl methyl sites for hydroxylation is 2. The number of hydrogen-bond acceptors (Lipinski definition) is 5. The van der Waals surface area contributed by atoms with E-state index < -0.39 is 17.7 Å². The summed E-state index contributed by atoms with van der Waals surface area (Å²) < 4.78 is 41.7. The Morgan fingerprint density at radius 3 is 2.61 bits per heavy atom. The zero-order chi connectivity index (χ0) is 26.0. The summed E-state index contributed by atoms with van der Waals surface area (Å²) in [4.78, 5) is 25.5. The van der Waals surface area contributed by atoms with Crippen LogP contribution in [-0.2, 0) is 15.8 Å². The minimum atomic E-state index is -4.65. The fourth-order valence-corrected chi connectivity index (χ4v) is 5.37. The average molecular weight is 512 g/mol. The fraction of sp³-hybridized carbons (Fsp3) is 0.296. The molecule has 1 aliphatic carbocycles. The molecule has 0 aromatic heterocycles. The van der Waals surface area contributed by atoms with Crippen molar-refractivity contribution in [2.45, 2.75) is 45.2 Å². The third kappa shape index (κ3) is 5.19. The van der Waals surface area contributed by atoms with Crippen LogP contribution in [0.25, 0.3) is 0 Å². The van der Waals surface area contributed by atoms with Gasteiger partial charge in [0.05, 0.1) is 33.9 Å². The van der Waals surface area contributed by atoms with Gasteiger partial charge in [-0.05, 0) is 61.6 Å². The van der Waals surface area contributed by atoms with Gasteiger partial charge in [0.1, 0.15) is 0 Å². The minimum Gasteiger partial charge on any atom is -0.352 e. The monoisotopic (exact) mass is 511 g/mol. The summed E-state index contributed by atoms with van der Waals surface area (Å²) in [5.74, 6) is -1.80. The van der Waals surface area contributed by atoms with Gasteiger partial charge in [-0.3, -0.25) is 9.59 Å². The van der Waals surface area contributed by atoms with Gasteiger partial charge in [0.25, 0.3) is 0 Å². The first kappa shape index (κ1) is 25.6. The van der Waals surface area contributed by atoms with Crippen LogP contribution in [0.5, 0.6) is 0 Å². The Kier molecular flexibility index (Phi) is 7.27. The zero-order valence-corrected chi connectivity index (χ0v) is 20.6. The van der Waals surface area contributed by atoms with E-state index in [1.807, 2.05) is 32.0 Å². The van der Waals surface area contributed by atoms with Gasteiger partial charge in [-0.25, -0.2) is 0 Å². The van der Waals surface area contributed by atoms with Crippen LogP contribution in [0.3, 0.4) is 0 Å². The molecule has 1 aliphatic heterocycles. The molecule has 36 heavy (non-hydrogen) atoms. The number of benzene rings is 2. The SMILES string of the molecule is Cc1ccc(NC(=O)CSC2=C(C#N)C(c3ccccc3C(F)(F)F)C3=C(CCCC3=O)N2)cc1C. The van der Waals surface area contributed by atoms with Crippen molar-refractivity contribution in [3.63, 3.8) is 0 Å². The number of allylic oxidation sites excluding steroid dienone is 3. The standard InChI is InChI=1S/C27H24F3N3O2S/c1-15-10-11-17(12-16(15)2)32-23(35)14-36-26-19(13-31)24(25-21(33-26)8-5-9-22(25)34)18-6-3-4-7-20(18)27(28,29)30/h3-4,6-7,10-12,24,33H,5,8-9,14H2,1-2H3,(H,32,35). The number of carbonyl (C=O) groups is 2. The van der Waals surface area contributed by atoms with Gasteiger partial charge >= 0.3 is 6.18 Å². The highest BCUT2D eigenvalue weighted by atomic mass is 32.2. The van der Waals surface area contributed by atoms with Crippen molar-refractivity contribution < 1.29 is 22.8 Å². The number of carbonyl (C=O) groups excluding carboxylic acids is 2. The number of Topliss-reactive ketones (excluding diaryl/α,β-unsaturated/α-hetero) is 1. The maximum Gasteiger partial charge on any atom is 0.416 e. The summed E-state index contributed by atoms with van der Waals surface area (Å²) in [6.45, 7) is 3.90. The van der Waals surface area contributed by atoms with Crippen molar-refractivity contribution in [1.82, 2.24) is 5.32 Å². The van der Waals surface area contributed by atoms with Gasteiger partial charge in [0.15, 0.2) is 5.78 Å². The van der Waals surface area contributed by atoms with Crippen LogP contribution in [0.1, 0.15) is 47.4 Å². The minimum absolute atomic E-state index is 0.00433. The number of ketones is 1. The Labute approximate surface area is 211 Å². The van der Waals surface area contributed by atoms with E-state index >= 15 is 0 Å². The summed E-state index contributed by atoms with van der Waals surface area (Å²) in [5, 5.41) is 16.2. The molecule has 1 unspecified atom stereocenters. The summed E-state index contributed by atoms with van der Waals surface area (Å²) in [7, 11) is 0. The molecule has 0 saturated heterocycles. The van der Waals surface area contributed by atoms with Crippen LogP contribution in [0, 0.1) is 25.2 Å². The number of amides is 1. The van der Waals surface area contributed by atoms with Crippen molar-refractivity contribution in [3.05, 3.63) is 86.6 Å². The van der Waals surface area contributed by atoms with E-state index in [4.69, 9.17) is 0 Å². The van der Waals surface area contributed by atoms with Gasteiger partial charge in [0.2, 0.25) is 5.91 Å². The van der Waals surface area contributed by atoms with Crippen LogP contribution in [0.4, 0.5) is 18.9 Å². The number of nitriles is 1. The second kappa shape index (κ2) is 10.2. The molecular weight excluding hydrogens is 487 g/mol. The smallest absolute Gasteiger partial charge is 0.352 e. The summed E-state index contributed by atoms with van der Waals surface area (Å²) >= 11 is 1.04. The van der Waals surface area contributed by atoms with Crippen LogP contribution in [0.2, 0.25) is 0 Å². The van der Waals surface area contributed by atoms with Crippen LogP contribution in [-0.4, -0.2) is 17.4 Å². The quantitative estimate of drug-likeness (QED) is 0.505. The number of nitrogens with zero attached hydrogens (tertiary/aromatic N) is 1. The molecule has 1 heterocycles. The average Bonchev–Trinajstić information content (AvgIpc) is 2.83. The topological polar surface area (TPSA) is 82.0 Å². The fourth-order valence-electron chi connectivity index (χ4n) is 4.51. The summed E-state index contributed by atoms with van der Waals surface area (Å²) in [6.07, 6.45) is -3.40. The van der Waals surface area contributed by atoms with Gasteiger partial charge in [-0.1, -0.05) is 36.0 Å². The van der Waals surface area contributed by atoms with Gasteiger partial charge in [-0.2, -0.15) is 18.4 Å². The van der Waals surface area contributed by atoms with Gasteiger partial charge in [0, 0.05) is 23.4 Å². The molecule has 4 rings (SSSR count). The van der Waals surface area contributed by atoms with Crippen molar-refractivity contribution in [2.24, 2.45) is 0 Å². The lowest BCUT2D eigenvalue weighted by atomic mass is 9.75. The largest absolute Gasteiger partial charge is 0.416 e. The first-order valence-corrected chi connectivity index (χ1v) is 12.4. The van der Waals surface area contributed by atoms with Crippen LogP contribution in [0.15, 0.2) is 64.3 Å². The molecular formula is C27H24F3N3O2S. The highest BCUT2D eigenvalue weighted by Gasteiger charge is 2.42. The lowest BCUT2D eigenvalue weighted by molar-refractivity contribution is -0.138. The number of dihydropyridines is 1. The molecule has 2 N–H and O–H groups in total. The van der Waals surface area contributed by atoms with Crippen molar-refractivity contribution in [3.8, 4) is 6.07 Å². The molecule has 0 bridgehead atoms. The molecule has 0 radical (unpaired) electrons. The van der Waals surface area contributed by atoms with E-state index in [9.17, 15) is 28.0 Å². The number of rotatable bonds is 5. The number of thioether (sulfide) groups is 1. The summed E-state index contributed by atoms with van der Waals surface area (Å²) in [5.41, 5.74) is 2.46. The van der Waals surface area contributed by atoms with E-state index in [0.29, 0.717) is 29.3 Å². The normalized spacial score (nSPS) is 17.9. The Morgan fingerprint density at radius 2 is 1.92 bits per heavy atom. The van der Waals surface area contributed by atoms with E-state index in [-0.39, 0.29) is 40.6 Å². The molecule has 186 valence electrons. The third-order valence-electron chi connectivity index (χ3n) is 6.38. The van der Waals surface area contributed by atoms with E-state index in [2.05, 4.69) is 10.6 Å². The molecule has 1 atom stereocenters. The second-order valence-corrected chi connectivity index (χ2v) is 9.79. The van der Waals surface area contributed by atoms with E-state index in [0.717, 1.165) is 29.0 Å². The van der Waals surface area contributed by atoms with E-state index in [1.165, 1.54) is 18.2 Å². The maximum absolute atomic E-state index is 13.9. The molecule has 9 heteroatoms. The number of alkyl halides is 3. The number of anilines is 1. The van der Waals surface area contributed by atoms with Crippen LogP contribution < -0.4 is 10.6 Å². The summed E-state index contributed by atoms with van der Waals surface area (Å²) in [6, 6.07) is 12.6. The highest BCUT2D eigenvalue weighted by Crippen LogP contribution is 2.47. The molecule has 2 aliphatic rings. The third-order valence-corrected chi connectivity index (χ3v) is 7.40. The van der Waals surface area contributed by atoms with Crippen molar-refractivity contribution >= 4 is 29.1 Å². The van der Waals surface area contributed by atoms with Crippen LogP contribution >= 0.6 is 11.8 Å². The second-order valence-electron chi connectivity index (χ2n) is 8.80. The number of nitrogens with one attached hydrogen (secondary N) is 2. The molecule has 1 amide bonds. The molecule has 2 aromatic rings. The predicted molar refractivity (Wildman–Crippen MR) is 133 cm³/mol. The molecule has 0 spiro atoms. The highest BCUT2D eigenvalue weighted by molar-refractivity contribution is 8.03. The molecule has 0 fully saturated rings. The van der Waals surface area contributed by atoms with Crippen molar-refractivity contribution in [2.75, 3.05) is 11.1 Å². The Morgan fingerprint density at radius 1 is 1.17 bits per heavy atom. The predicted octanol–water partition coefficient (Wildman–Crippen LogP) is 6.12. The molecule has 0 saturated carbocycles. The Balaban J connectivity index is 1.68. The Hall–Kier alpha value is -3.51. The van der Waals surface area contributed by atoms with E-state index in [1.54, 1.807) is 6.07 Å². The molecule has 5 nitrogen and oxygen atoms in total. The lowest BCUT2D eigenvalue weighted by Crippen LogP contribution is -2.32. The number of hydrogen-bond donors (Lipinski definition) is 2. The first-order valence-electron chi connectivity index (χ1n) is 11.4. The molecule has 2 aromatic carbocycles. The Bertz CT molecular complexity index is 1340. The first-order chi connectivity index (χ1) is 17.1. The van der Waals surface area contributed by atoms with Gasteiger partial charge in [-0.15, -0.1) is 0 Å². The lowest BCUT2D eigenvalue weighted by Gasteiger charge is -2.34. The van der Waals surface area contributed by atoms with Crippen molar-refractivity contribution in [1.29, 1.82) is 5.26 Å². The number of halogens is 3. The van der Waals surface area contributed by atoms with Gasteiger partial charge < -0.3 is 10.6 Å². The maximum atomic E-state index is 13.9.